The van der Waals surface area contributed by atoms with Crippen LogP contribution < -0.4 is 15.8 Å². The van der Waals surface area contributed by atoms with Crippen molar-refractivity contribution in [3.05, 3.63) is 60.7 Å². The number of benzene rings is 2. The minimum atomic E-state index is -1.12. The van der Waals surface area contributed by atoms with E-state index < -0.39 is 35.6 Å². The van der Waals surface area contributed by atoms with Crippen LogP contribution in [0.15, 0.2) is 60.7 Å². The zero-order chi connectivity index (χ0) is 29.3. The SMILES string of the molecule is CCOC(=O)[C@@]12C[C@H]1C=CCCCCC[C@H](N)C(=O)N1C[C@H](Oc3nc4ccccc4c4ccccc34)C[C@H]1C(=O)N2. The number of aromatic nitrogens is 1. The van der Waals surface area contributed by atoms with E-state index in [1.165, 1.54) is 0 Å². The largest absolute Gasteiger partial charge is 0.472 e. The van der Waals surface area contributed by atoms with Gasteiger partial charge in [0.25, 0.3) is 0 Å². The highest BCUT2D eigenvalue weighted by atomic mass is 16.5. The van der Waals surface area contributed by atoms with Gasteiger partial charge in [-0.15, -0.1) is 0 Å². The molecule has 1 aromatic heterocycles. The van der Waals surface area contributed by atoms with Gasteiger partial charge in [-0.2, -0.15) is 0 Å². The molecule has 1 aliphatic carbocycles. The molecule has 3 aliphatic rings. The number of pyridine rings is 1. The molecular formula is C33H38N4O5. The average Bonchev–Trinajstić information content (AvgIpc) is 3.53. The number of amides is 2. The van der Waals surface area contributed by atoms with Gasteiger partial charge in [-0.3, -0.25) is 9.59 Å². The summed E-state index contributed by atoms with van der Waals surface area (Å²) in [5.41, 5.74) is 6.07. The number of nitrogens with two attached hydrogens (primary N) is 1. The lowest BCUT2D eigenvalue weighted by molar-refractivity contribution is -0.150. The van der Waals surface area contributed by atoms with Crippen LogP contribution in [0.3, 0.4) is 0 Å². The van der Waals surface area contributed by atoms with Crippen LogP contribution in [-0.4, -0.2) is 64.5 Å². The van der Waals surface area contributed by atoms with E-state index in [0.717, 1.165) is 47.4 Å². The summed E-state index contributed by atoms with van der Waals surface area (Å²) in [5.74, 6) is -0.785. The first-order valence-electron chi connectivity index (χ1n) is 15.1. The molecule has 9 heteroatoms. The van der Waals surface area contributed by atoms with Gasteiger partial charge in [0.1, 0.15) is 17.7 Å². The van der Waals surface area contributed by atoms with E-state index in [9.17, 15) is 14.4 Å². The van der Waals surface area contributed by atoms with Crippen molar-refractivity contribution in [1.29, 1.82) is 0 Å². The Morgan fingerprint density at radius 1 is 1.07 bits per heavy atom. The van der Waals surface area contributed by atoms with Gasteiger partial charge in [0.15, 0.2) is 0 Å². The molecule has 1 saturated heterocycles. The third-order valence-electron chi connectivity index (χ3n) is 8.77. The fourth-order valence-electron chi connectivity index (χ4n) is 6.41. The van der Waals surface area contributed by atoms with Gasteiger partial charge in [0.2, 0.25) is 17.7 Å². The number of allylic oxidation sites excluding steroid dienone is 1. The smallest absolute Gasteiger partial charge is 0.332 e. The maximum absolute atomic E-state index is 13.9. The summed E-state index contributed by atoms with van der Waals surface area (Å²) in [7, 11) is 0. The molecule has 6 rings (SSSR count). The van der Waals surface area contributed by atoms with Crippen LogP contribution in [0.25, 0.3) is 21.7 Å². The van der Waals surface area contributed by atoms with Gasteiger partial charge in [0.05, 0.1) is 24.7 Å². The van der Waals surface area contributed by atoms with Crippen molar-refractivity contribution in [3.63, 3.8) is 0 Å². The summed E-state index contributed by atoms with van der Waals surface area (Å²) < 4.78 is 11.9. The lowest BCUT2D eigenvalue weighted by atomic mass is 10.1. The predicted molar refractivity (Wildman–Crippen MR) is 160 cm³/mol. The van der Waals surface area contributed by atoms with E-state index in [1.807, 2.05) is 54.6 Å². The third-order valence-corrected chi connectivity index (χ3v) is 8.77. The van der Waals surface area contributed by atoms with Crippen LogP contribution in [0.1, 0.15) is 51.9 Å². The monoisotopic (exact) mass is 570 g/mol. The number of hydrogen-bond donors (Lipinski definition) is 2. The first-order valence-corrected chi connectivity index (χ1v) is 15.1. The van der Waals surface area contributed by atoms with E-state index in [2.05, 4.69) is 11.4 Å². The summed E-state index contributed by atoms with van der Waals surface area (Å²) in [6.07, 6.45) is 8.51. The fraction of sp³-hybridized carbons (Fsp3) is 0.455. The lowest BCUT2D eigenvalue weighted by Gasteiger charge is -2.28. The Kier molecular flexibility index (Phi) is 7.86. The second-order valence-corrected chi connectivity index (χ2v) is 11.6. The van der Waals surface area contributed by atoms with E-state index >= 15 is 0 Å². The van der Waals surface area contributed by atoms with Crippen LogP contribution in [-0.2, 0) is 19.1 Å². The molecule has 2 aliphatic heterocycles. The number of nitrogens with one attached hydrogen (secondary N) is 1. The van der Waals surface area contributed by atoms with Crippen LogP contribution in [0.4, 0.5) is 0 Å². The summed E-state index contributed by atoms with van der Waals surface area (Å²) >= 11 is 0. The van der Waals surface area contributed by atoms with E-state index in [-0.39, 0.29) is 31.4 Å². The van der Waals surface area contributed by atoms with Crippen LogP contribution in [0, 0.1) is 5.92 Å². The van der Waals surface area contributed by atoms with Gasteiger partial charge in [-0.1, -0.05) is 61.4 Å². The summed E-state index contributed by atoms with van der Waals surface area (Å²) in [5, 5.41) is 5.90. The average molecular weight is 571 g/mol. The molecule has 3 N–H and O–H groups in total. The van der Waals surface area contributed by atoms with Crippen molar-refractivity contribution in [2.45, 2.75) is 75.6 Å². The number of nitrogens with zero attached hydrogens (tertiary/aromatic N) is 2. The summed E-state index contributed by atoms with van der Waals surface area (Å²) in [6, 6.07) is 14.3. The van der Waals surface area contributed by atoms with Gasteiger partial charge in [-0.25, -0.2) is 9.78 Å². The quantitative estimate of drug-likeness (QED) is 0.276. The highest BCUT2D eigenvalue weighted by molar-refractivity contribution is 6.07. The van der Waals surface area contributed by atoms with Gasteiger partial charge >= 0.3 is 5.97 Å². The number of carbonyl (C=O) groups is 3. The van der Waals surface area contributed by atoms with Crippen LogP contribution in [0.5, 0.6) is 5.88 Å². The number of carbonyl (C=O) groups excluding carboxylic acids is 3. The Labute approximate surface area is 245 Å². The van der Waals surface area contributed by atoms with Gasteiger partial charge in [-0.05, 0) is 50.1 Å². The molecule has 0 bridgehead atoms. The Balaban J connectivity index is 1.31. The molecule has 0 radical (unpaired) electrons. The van der Waals surface area contributed by atoms with E-state index in [0.29, 0.717) is 18.7 Å². The summed E-state index contributed by atoms with van der Waals surface area (Å²) in [6.45, 7) is 2.17. The maximum atomic E-state index is 13.9. The molecule has 3 aromatic rings. The highest BCUT2D eigenvalue weighted by Crippen LogP contribution is 2.46. The number of fused-ring (bicyclic) bond motifs is 5. The number of para-hydroxylation sites is 1. The number of hydrogen-bond acceptors (Lipinski definition) is 7. The molecule has 2 aromatic carbocycles. The minimum absolute atomic E-state index is 0.140. The number of rotatable bonds is 4. The maximum Gasteiger partial charge on any atom is 0.332 e. The molecule has 9 nitrogen and oxygen atoms in total. The van der Waals surface area contributed by atoms with E-state index in [4.69, 9.17) is 20.2 Å². The van der Waals surface area contributed by atoms with Crippen molar-refractivity contribution in [2.75, 3.05) is 13.2 Å². The van der Waals surface area contributed by atoms with Crippen molar-refractivity contribution in [1.82, 2.24) is 15.2 Å². The first-order chi connectivity index (χ1) is 20.4. The molecule has 1 saturated carbocycles. The van der Waals surface area contributed by atoms with Crippen molar-refractivity contribution in [3.8, 4) is 5.88 Å². The highest BCUT2D eigenvalue weighted by Gasteiger charge is 2.62. The fourth-order valence-corrected chi connectivity index (χ4v) is 6.41. The van der Waals surface area contributed by atoms with Gasteiger partial charge in [0, 0.05) is 23.1 Å². The Morgan fingerprint density at radius 3 is 2.64 bits per heavy atom. The Morgan fingerprint density at radius 2 is 1.83 bits per heavy atom. The number of ether oxygens (including phenoxy) is 2. The Hall–Kier alpha value is -3.98. The molecule has 220 valence electrons. The van der Waals surface area contributed by atoms with Crippen LogP contribution in [0.2, 0.25) is 0 Å². The molecule has 2 amide bonds. The zero-order valence-electron chi connectivity index (χ0n) is 24.0. The first kappa shape index (κ1) is 28.2. The topological polar surface area (TPSA) is 124 Å². The van der Waals surface area contributed by atoms with Crippen molar-refractivity contribution >= 4 is 39.5 Å². The second-order valence-electron chi connectivity index (χ2n) is 11.6. The zero-order valence-corrected chi connectivity index (χ0v) is 24.0. The van der Waals surface area contributed by atoms with Crippen molar-refractivity contribution < 1.29 is 23.9 Å². The molecular weight excluding hydrogens is 532 g/mol. The lowest BCUT2D eigenvalue weighted by Crippen LogP contribution is -2.55. The molecule has 0 unspecified atom stereocenters. The predicted octanol–water partition coefficient (Wildman–Crippen LogP) is 4.02. The normalized spacial score (nSPS) is 28.4. The van der Waals surface area contributed by atoms with Crippen molar-refractivity contribution in [2.24, 2.45) is 11.7 Å². The Bertz CT molecular complexity index is 1540. The second kappa shape index (κ2) is 11.7. The standard InChI is InChI=1S/C33H38N4O5/c1-2-41-32(40)33-19-21(33)12-6-4-3-5-7-16-26(34)31(39)37-20-22(18-28(37)29(38)36-33)42-30-25-15-9-8-13-23(25)24-14-10-11-17-27(24)35-30/h6,8-15,17,21-22,26,28H,2-5,7,16,18-20,34H2,1H3,(H,36,38)/t21-,22-,26+,28+,33-/m1/s1. The number of esters is 1. The molecule has 5 atom stereocenters. The van der Waals surface area contributed by atoms with E-state index in [1.54, 1.807) is 11.8 Å². The minimum Gasteiger partial charge on any atom is -0.472 e. The summed E-state index contributed by atoms with van der Waals surface area (Å²) in [4.78, 5) is 46.9. The third kappa shape index (κ3) is 5.33. The molecule has 2 fully saturated rings. The molecule has 0 spiro atoms. The molecule has 42 heavy (non-hydrogen) atoms. The van der Waals surface area contributed by atoms with Gasteiger partial charge < -0.3 is 25.4 Å². The van der Waals surface area contributed by atoms with Crippen LogP contribution >= 0.6 is 0 Å². The molecule has 3 heterocycles.